The molecule has 0 spiro atoms. The molecule has 0 amide bonds. The van der Waals surface area contributed by atoms with Gasteiger partial charge in [-0.15, -0.1) is 0 Å². The Bertz CT molecular complexity index is 160. The van der Waals surface area contributed by atoms with Crippen LogP contribution in [0.1, 0.15) is 32.1 Å². The van der Waals surface area contributed by atoms with Gasteiger partial charge in [-0.3, -0.25) is 0 Å². The van der Waals surface area contributed by atoms with Crippen molar-refractivity contribution in [3.8, 4) is 0 Å². The van der Waals surface area contributed by atoms with Gasteiger partial charge in [0.25, 0.3) is 0 Å². The van der Waals surface area contributed by atoms with Crippen LogP contribution in [-0.2, 0) is 0 Å². The number of hydrogen-bond acceptors (Lipinski definition) is 1. The fourth-order valence-electron chi connectivity index (χ4n) is 3.99. The van der Waals surface area contributed by atoms with Crippen molar-refractivity contribution in [2.75, 3.05) is 0 Å². The first kappa shape index (κ1) is 6.47. The SMILES string of the molecule is OC1C[C@@H]2[C@H]3CC[C@@H](C3)[C@@H]2C1. The summed E-state index contributed by atoms with van der Waals surface area (Å²) in [5.74, 6) is 3.90. The lowest BCUT2D eigenvalue weighted by Gasteiger charge is -2.23. The molecule has 3 aliphatic carbocycles. The number of aliphatic hydroxyl groups is 1. The second kappa shape index (κ2) is 2.01. The van der Waals surface area contributed by atoms with E-state index in [4.69, 9.17) is 0 Å². The van der Waals surface area contributed by atoms with Gasteiger partial charge in [-0.1, -0.05) is 0 Å². The maximum Gasteiger partial charge on any atom is 0.0546 e. The van der Waals surface area contributed by atoms with Gasteiger partial charge in [-0.25, -0.2) is 0 Å². The Morgan fingerprint density at radius 1 is 0.818 bits per heavy atom. The summed E-state index contributed by atoms with van der Waals surface area (Å²) in [6.45, 7) is 0. The molecule has 11 heavy (non-hydrogen) atoms. The molecule has 1 unspecified atom stereocenters. The number of rotatable bonds is 0. The summed E-state index contributed by atoms with van der Waals surface area (Å²) in [4.78, 5) is 0. The van der Waals surface area contributed by atoms with Crippen molar-refractivity contribution in [2.45, 2.75) is 38.2 Å². The van der Waals surface area contributed by atoms with Gasteiger partial charge in [0.15, 0.2) is 0 Å². The molecule has 1 nitrogen and oxygen atoms in total. The molecular weight excluding hydrogens is 136 g/mol. The van der Waals surface area contributed by atoms with Gasteiger partial charge in [0.05, 0.1) is 6.10 Å². The third-order valence-corrected chi connectivity index (χ3v) is 4.36. The van der Waals surface area contributed by atoms with E-state index in [1.54, 1.807) is 0 Å². The lowest BCUT2D eigenvalue weighted by Crippen LogP contribution is -2.15. The van der Waals surface area contributed by atoms with Crippen LogP contribution < -0.4 is 0 Å². The van der Waals surface area contributed by atoms with Crippen molar-refractivity contribution < 1.29 is 5.11 Å². The van der Waals surface area contributed by atoms with Crippen molar-refractivity contribution in [2.24, 2.45) is 23.7 Å². The molecule has 5 atom stereocenters. The third kappa shape index (κ3) is 0.752. The highest BCUT2D eigenvalue weighted by Gasteiger charge is 2.51. The fraction of sp³-hybridized carbons (Fsp3) is 1.00. The Hall–Kier alpha value is -0.0400. The summed E-state index contributed by atoms with van der Waals surface area (Å²) >= 11 is 0. The Morgan fingerprint density at radius 2 is 1.36 bits per heavy atom. The van der Waals surface area contributed by atoms with E-state index in [1.165, 1.54) is 19.3 Å². The molecule has 62 valence electrons. The Labute approximate surface area is 67.8 Å². The third-order valence-electron chi connectivity index (χ3n) is 4.36. The molecule has 0 aliphatic heterocycles. The van der Waals surface area contributed by atoms with E-state index in [1.807, 2.05) is 0 Å². The van der Waals surface area contributed by atoms with Crippen LogP contribution in [0, 0.1) is 23.7 Å². The van der Waals surface area contributed by atoms with Gasteiger partial charge in [0, 0.05) is 0 Å². The van der Waals surface area contributed by atoms with Gasteiger partial charge < -0.3 is 5.11 Å². The molecule has 3 rings (SSSR count). The maximum atomic E-state index is 9.50. The highest BCUT2D eigenvalue weighted by Crippen LogP contribution is 2.58. The molecule has 0 aromatic rings. The average molecular weight is 152 g/mol. The van der Waals surface area contributed by atoms with Crippen LogP contribution >= 0.6 is 0 Å². The molecule has 3 aliphatic rings. The minimum atomic E-state index is 0.0633. The quantitative estimate of drug-likeness (QED) is 0.561. The topological polar surface area (TPSA) is 20.2 Å². The van der Waals surface area contributed by atoms with E-state index in [0.717, 1.165) is 36.5 Å². The largest absolute Gasteiger partial charge is 0.393 e. The monoisotopic (exact) mass is 152 g/mol. The zero-order chi connectivity index (χ0) is 7.42. The lowest BCUT2D eigenvalue weighted by molar-refractivity contribution is 0.167. The number of fused-ring (bicyclic) bond motifs is 5. The summed E-state index contributed by atoms with van der Waals surface area (Å²) in [6.07, 6.45) is 6.77. The molecule has 0 radical (unpaired) electrons. The Kier molecular flexibility index (Phi) is 1.18. The lowest BCUT2D eigenvalue weighted by atomic mass is 9.82. The summed E-state index contributed by atoms with van der Waals surface area (Å²) in [5, 5.41) is 9.50. The second-order valence-corrected chi connectivity index (χ2v) is 4.79. The molecule has 0 saturated heterocycles. The van der Waals surface area contributed by atoms with Gasteiger partial charge in [0.2, 0.25) is 0 Å². The van der Waals surface area contributed by atoms with Gasteiger partial charge in [-0.05, 0) is 55.8 Å². The van der Waals surface area contributed by atoms with E-state index in [2.05, 4.69) is 0 Å². The van der Waals surface area contributed by atoms with Gasteiger partial charge in [-0.2, -0.15) is 0 Å². The standard InChI is InChI=1S/C10H16O/c11-8-4-9-6-1-2-7(3-6)10(9)5-8/h6-11H,1-5H2/t6-,7-,8?,9-,10+/m0/s1. The zero-order valence-corrected chi connectivity index (χ0v) is 6.87. The minimum Gasteiger partial charge on any atom is -0.393 e. The second-order valence-electron chi connectivity index (χ2n) is 4.79. The van der Waals surface area contributed by atoms with Crippen LogP contribution in [-0.4, -0.2) is 11.2 Å². The average Bonchev–Trinajstić information content (AvgIpc) is 2.53. The van der Waals surface area contributed by atoms with E-state index in [-0.39, 0.29) is 6.10 Å². The minimum absolute atomic E-state index is 0.0633. The molecular formula is C10H16O. The first-order valence-electron chi connectivity index (χ1n) is 5.02. The van der Waals surface area contributed by atoms with Crippen LogP contribution in [0.2, 0.25) is 0 Å². The van der Waals surface area contributed by atoms with Gasteiger partial charge in [0.1, 0.15) is 0 Å². The molecule has 1 heteroatoms. The molecule has 3 saturated carbocycles. The summed E-state index contributed by atoms with van der Waals surface area (Å²) in [5.41, 5.74) is 0. The Balaban J connectivity index is 1.87. The predicted molar refractivity (Wildman–Crippen MR) is 43.1 cm³/mol. The summed E-state index contributed by atoms with van der Waals surface area (Å²) in [7, 11) is 0. The van der Waals surface area contributed by atoms with Gasteiger partial charge >= 0.3 is 0 Å². The number of hydrogen-bond donors (Lipinski definition) is 1. The molecule has 1 N–H and O–H groups in total. The molecule has 2 bridgehead atoms. The van der Waals surface area contributed by atoms with Crippen LogP contribution in [0.25, 0.3) is 0 Å². The zero-order valence-electron chi connectivity index (χ0n) is 6.87. The van der Waals surface area contributed by atoms with E-state index in [0.29, 0.717) is 0 Å². The maximum absolute atomic E-state index is 9.50. The van der Waals surface area contributed by atoms with E-state index >= 15 is 0 Å². The highest BCUT2D eigenvalue weighted by atomic mass is 16.3. The highest BCUT2D eigenvalue weighted by molar-refractivity contribution is 5.01. The first-order chi connectivity index (χ1) is 5.34. The van der Waals surface area contributed by atoms with Crippen LogP contribution in [0.15, 0.2) is 0 Å². The van der Waals surface area contributed by atoms with Crippen LogP contribution in [0.3, 0.4) is 0 Å². The van der Waals surface area contributed by atoms with Crippen LogP contribution in [0.5, 0.6) is 0 Å². The van der Waals surface area contributed by atoms with Crippen molar-refractivity contribution >= 4 is 0 Å². The van der Waals surface area contributed by atoms with Crippen molar-refractivity contribution in [3.63, 3.8) is 0 Å². The van der Waals surface area contributed by atoms with Crippen molar-refractivity contribution in [1.82, 2.24) is 0 Å². The normalized spacial score (nSPS) is 60.3. The van der Waals surface area contributed by atoms with E-state index < -0.39 is 0 Å². The van der Waals surface area contributed by atoms with E-state index in [9.17, 15) is 5.11 Å². The smallest absolute Gasteiger partial charge is 0.0546 e. The molecule has 0 aromatic heterocycles. The van der Waals surface area contributed by atoms with Crippen molar-refractivity contribution in [3.05, 3.63) is 0 Å². The fourth-order valence-corrected chi connectivity index (χ4v) is 3.99. The van der Waals surface area contributed by atoms with Crippen molar-refractivity contribution in [1.29, 1.82) is 0 Å². The predicted octanol–water partition coefficient (Wildman–Crippen LogP) is 1.80. The molecule has 3 fully saturated rings. The summed E-state index contributed by atoms with van der Waals surface area (Å²) in [6, 6.07) is 0. The molecule has 0 aromatic carbocycles. The summed E-state index contributed by atoms with van der Waals surface area (Å²) < 4.78 is 0. The Morgan fingerprint density at radius 3 is 1.91 bits per heavy atom. The van der Waals surface area contributed by atoms with Crippen LogP contribution in [0.4, 0.5) is 0 Å². The number of aliphatic hydroxyl groups excluding tert-OH is 1. The first-order valence-corrected chi connectivity index (χ1v) is 5.02. The molecule has 0 heterocycles.